The summed E-state index contributed by atoms with van der Waals surface area (Å²) >= 11 is 0. The lowest BCUT2D eigenvalue weighted by Gasteiger charge is -2.63. The Labute approximate surface area is 263 Å². The molecule has 1 spiro atoms. The van der Waals surface area contributed by atoms with E-state index in [0.717, 1.165) is 30.5 Å². The van der Waals surface area contributed by atoms with E-state index in [1.54, 1.807) is 13.1 Å². The fraction of sp³-hybridized carbons (Fsp3) is 0.688. The molecule has 6 atom stereocenters. The van der Waals surface area contributed by atoms with Gasteiger partial charge in [0.25, 0.3) is 0 Å². The average Bonchev–Trinajstić information content (AvgIpc) is 3.37. The largest absolute Gasteiger partial charge is 0.504 e. The molecule has 7 N–H and O–H groups in total. The smallest absolute Gasteiger partial charge is 0.246 e. The lowest BCUT2D eigenvalue weighted by Crippen LogP contribution is -2.77. The Morgan fingerprint density at radius 1 is 1.11 bits per heavy atom. The molecule has 0 radical (unpaired) electrons. The Morgan fingerprint density at radius 3 is 2.64 bits per heavy atom. The number of primary amides is 1. The highest BCUT2D eigenvalue weighted by molar-refractivity contribution is 5.80. The molecule has 248 valence electrons. The summed E-state index contributed by atoms with van der Waals surface area (Å²) in [5, 5.41) is 31.2. The number of hydrogen-bond acceptors (Lipinski definition) is 9. The maximum Gasteiger partial charge on any atom is 0.246 e. The molecule has 2 aliphatic heterocycles. The number of carbonyl (C=O) groups is 4. The quantitative estimate of drug-likeness (QED) is 0.145. The number of piperidine rings is 1. The third-order valence-electron chi connectivity index (χ3n) is 10.5. The molecule has 13 nitrogen and oxygen atoms in total. The molecule has 4 amide bonds. The lowest BCUT2D eigenvalue weighted by molar-refractivity contribution is -0.187. The van der Waals surface area contributed by atoms with Gasteiger partial charge in [0.2, 0.25) is 23.6 Å². The normalized spacial score (nSPS) is 28.4. The molecule has 2 bridgehead atoms. The Morgan fingerprint density at radius 2 is 1.89 bits per heavy atom. The van der Waals surface area contributed by atoms with Gasteiger partial charge in [-0.15, -0.1) is 0 Å². The molecule has 2 fully saturated rings. The monoisotopic (exact) mass is 629 g/mol. The van der Waals surface area contributed by atoms with Gasteiger partial charge in [-0.05, 0) is 70.2 Å². The molecule has 0 aromatic heterocycles. The van der Waals surface area contributed by atoms with Crippen LogP contribution in [-0.4, -0.2) is 103 Å². The summed E-state index contributed by atoms with van der Waals surface area (Å²) in [6, 6.07) is 3.10. The number of phenolic OH excluding ortho intramolecular Hbond substituents is 1. The van der Waals surface area contributed by atoms with Crippen molar-refractivity contribution in [3.8, 4) is 11.5 Å². The van der Waals surface area contributed by atoms with Gasteiger partial charge in [0.1, 0.15) is 19.3 Å². The second kappa shape index (κ2) is 13.5. The second-order valence-corrected chi connectivity index (χ2v) is 13.0. The van der Waals surface area contributed by atoms with Crippen molar-refractivity contribution in [2.75, 3.05) is 40.4 Å². The van der Waals surface area contributed by atoms with Gasteiger partial charge in [-0.3, -0.25) is 19.2 Å². The average molecular weight is 630 g/mol. The van der Waals surface area contributed by atoms with E-state index < -0.39 is 29.1 Å². The third kappa shape index (κ3) is 6.22. The number of likely N-dealkylation sites (tertiary alicyclic amines) is 1. The maximum absolute atomic E-state index is 12.9. The van der Waals surface area contributed by atoms with Gasteiger partial charge >= 0.3 is 0 Å². The van der Waals surface area contributed by atoms with Crippen molar-refractivity contribution in [3.63, 3.8) is 0 Å². The first-order valence-electron chi connectivity index (χ1n) is 16.1. The molecule has 2 heterocycles. The zero-order valence-electron chi connectivity index (χ0n) is 26.2. The van der Waals surface area contributed by atoms with E-state index in [4.69, 9.17) is 15.2 Å². The summed E-state index contributed by atoms with van der Waals surface area (Å²) in [6.45, 7) is 0.647. The highest BCUT2D eigenvalue weighted by Crippen LogP contribution is 2.65. The molecule has 1 saturated heterocycles. The minimum Gasteiger partial charge on any atom is -0.504 e. The SMILES string of the molecule is CNC(=O)CCC(CCCCCNC(=O)COCC(=O)N[C@H]1CC[C@@]2(O)C3Cc4ccc(O)c5c4[C@@]2(CCN3C)[C@H]1O5)C(N)=O. The van der Waals surface area contributed by atoms with Gasteiger partial charge in [-0.1, -0.05) is 18.9 Å². The number of amides is 4. The first-order valence-corrected chi connectivity index (χ1v) is 16.1. The molecule has 4 aliphatic rings. The number of unbranched alkanes of at least 4 members (excludes halogenated alkanes) is 2. The number of ether oxygens (including phenoxy) is 2. The zero-order valence-corrected chi connectivity index (χ0v) is 26.2. The van der Waals surface area contributed by atoms with Gasteiger partial charge in [0, 0.05) is 37.5 Å². The van der Waals surface area contributed by atoms with Crippen LogP contribution in [0.5, 0.6) is 11.5 Å². The van der Waals surface area contributed by atoms with Crippen LogP contribution in [0.15, 0.2) is 12.1 Å². The Bertz CT molecular complexity index is 1310. The maximum atomic E-state index is 12.9. The highest BCUT2D eigenvalue weighted by atomic mass is 16.5. The standard InChI is InChI=1S/C32H47N5O8/c1-34-24(39)10-8-19(30(33)42)6-4-3-5-14-35-25(40)17-44-18-26(41)36-21-11-12-32(43)23-16-20-7-9-22(38)28-27(20)31(32,29(21)45-28)13-15-37(23)2/h7,9,19,21,23,29,38,43H,3-6,8,10-18H2,1-2H3,(H2,33,42)(H,34,39)(H,35,40)(H,36,41)/t19?,21-,23?,29-,31-,32+/m0/s1. The van der Waals surface area contributed by atoms with Crippen LogP contribution >= 0.6 is 0 Å². The van der Waals surface area contributed by atoms with E-state index in [1.165, 1.54) is 0 Å². The zero-order chi connectivity index (χ0) is 32.4. The summed E-state index contributed by atoms with van der Waals surface area (Å²) < 4.78 is 11.8. The predicted molar refractivity (Wildman–Crippen MR) is 163 cm³/mol. The molecule has 13 heteroatoms. The highest BCUT2D eigenvalue weighted by Gasteiger charge is 2.72. The topological polar surface area (TPSA) is 193 Å². The van der Waals surface area contributed by atoms with Crippen LogP contribution in [0.1, 0.15) is 68.9 Å². The van der Waals surface area contributed by atoms with Crippen LogP contribution in [0.2, 0.25) is 0 Å². The molecular formula is C32H47N5O8. The van der Waals surface area contributed by atoms with E-state index in [1.807, 2.05) is 13.1 Å². The van der Waals surface area contributed by atoms with Gasteiger partial charge in [-0.25, -0.2) is 0 Å². The number of nitrogens with one attached hydrogen (secondary N) is 3. The van der Waals surface area contributed by atoms with E-state index in [-0.39, 0.29) is 55.1 Å². The van der Waals surface area contributed by atoms with E-state index in [2.05, 4.69) is 20.9 Å². The first-order chi connectivity index (χ1) is 21.5. The van der Waals surface area contributed by atoms with Crippen molar-refractivity contribution in [1.82, 2.24) is 20.9 Å². The number of hydrogen-bond donors (Lipinski definition) is 6. The van der Waals surface area contributed by atoms with E-state index in [9.17, 15) is 29.4 Å². The minimum absolute atomic E-state index is 0.0457. The third-order valence-corrected chi connectivity index (χ3v) is 10.5. The number of phenols is 1. The number of nitrogens with zero attached hydrogens (tertiary/aromatic N) is 1. The van der Waals surface area contributed by atoms with Crippen molar-refractivity contribution >= 4 is 23.6 Å². The van der Waals surface area contributed by atoms with Crippen LogP contribution in [-0.2, 0) is 35.8 Å². The number of benzene rings is 1. The lowest BCUT2D eigenvalue weighted by atomic mass is 9.48. The van der Waals surface area contributed by atoms with Crippen molar-refractivity contribution in [2.24, 2.45) is 11.7 Å². The summed E-state index contributed by atoms with van der Waals surface area (Å²) in [5.74, 6) is -1.12. The number of likely N-dealkylation sites (N-methyl/N-ethyl adjacent to an activating group) is 1. The van der Waals surface area contributed by atoms with E-state index >= 15 is 0 Å². The molecule has 1 saturated carbocycles. The van der Waals surface area contributed by atoms with Crippen LogP contribution in [0.25, 0.3) is 0 Å². The van der Waals surface area contributed by atoms with Crippen LogP contribution in [0.3, 0.4) is 0 Å². The Kier molecular flexibility index (Phi) is 9.90. The van der Waals surface area contributed by atoms with Crippen molar-refractivity contribution in [2.45, 2.75) is 93.4 Å². The van der Waals surface area contributed by atoms with E-state index in [0.29, 0.717) is 57.2 Å². The Hall–Kier alpha value is -3.42. The molecule has 2 aliphatic carbocycles. The number of rotatable bonds is 15. The van der Waals surface area contributed by atoms with Crippen molar-refractivity contribution in [1.29, 1.82) is 0 Å². The molecule has 1 aromatic rings. The van der Waals surface area contributed by atoms with Crippen LogP contribution < -0.4 is 26.4 Å². The molecule has 5 rings (SSSR count). The van der Waals surface area contributed by atoms with Crippen molar-refractivity contribution in [3.05, 3.63) is 23.3 Å². The summed E-state index contributed by atoms with van der Waals surface area (Å²) in [7, 11) is 3.59. The first kappa shape index (κ1) is 33.0. The molecule has 1 aromatic carbocycles. The summed E-state index contributed by atoms with van der Waals surface area (Å²) in [5.41, 5.74) is 5.65. The molecule has 2 unspecified atom stereocenters. The van der Waals surface area contributed by atoms with Gasteiger partial charge in [0.05, 0.1) is 17.1 Å². The fourth-order valence-electron chi connectivity index (χ4n) is 8.22. The van der Waals surface area contributed by atoms with Gasteiger partial charge in [0.15, 0.2) is 11.5 Å². The van der Waals surface area contributed by atoms with Crippen LogP contribution in [0, 0.1) is 5.92 Å². The number of nitrogens with two attached hydrogens (primary N) is 1. The van der Waals surface area contributed by atoms with Gasteiger partial charge in [-0.2, -0.15) is 0 Å². The summed E-state index contributed by atoms with van der Waals surface area (Å²) in [4.78, 5) is 50.4. The molecule has 45 heavy (non-hydrogen) atoms. The minimum atomic E-state index is -1.04. The number of aromatic hydroxyl groups is 1. The predicted octanol–water partition coefficient (Wildman–Crippen LogP) is -0.0182. The molecular weight excluding hydrogens is 582 g/mol. The number of carbonyl (C=O) groups excluding carboxylic acids is 4. The van der Waals surface area contributed by atoms with Gasteiger partial charge < -0.3 is 46.3 Å². The van der Waals surface area contributed by atoms with Crippen molar-refractivity contribution < 1.29 is 38.9 Å². The fourth-order valence-corrected chi connectivity index (χ4v) is 8.22. The second-order valence-electron chi connectivity index (χ2n) is 13.0. The summed E-state index contributed by atoms with van der Waals surface area (Å²) in [6.07, 6.45) is 5.32. The van der Waals surface area contributed by atoms with Crippen LogP contribution in [0.4, 0.5) is 0 Å². The Balaban J connectivity index is 1.05. The number of aliphatic hydroxyl groups is 1.